The molecule has 3 heteroatoms. The van der Waals surface area contributed by atoms with Crippen molar-refractivity contribution in [1.82, 2.24) is 5.32 Å². The molecule has 1 N–H and O–H groups in total. The summed E-state index contributed by atoms with van der Waals surface area (Å²) in [5.41, 5.74) is 0.250. The van der Waals surface area contributed by atoms with Gasteiger partial charge >= 0.3 is 0 Å². The van der Waals surface area contributed by atoms with Gasteiger partial charge in [0.1, 0.15) is 0 Å². The summed E-state index contributed by atoms with van der Waals surface area (Å²) >= 11 is 3.47. The first-order chi connectivity index (χ1) is 7.51. The van der Waals surface area contributed by atoms with Crippen LogP contribution in [0.25, 0.3) is 0 Å². The minimum Gasteiger partial charge on any atom is -0.356 e. The van der Waals surface area contributed by atoms with E-state index in [0.29, 0.717) is 5.92 Å². The average Bonchev–Trinajstić information content (AvgIpc) is 2.85. The largest absolute Gasteiger partial charge is 0.356 e. The summed E-state index contributed by atoms with van der Waals surface area (Å²) in [6.45, 7) is 7.39. The SMILES string of the molecule is CCCC(CCBr)CNC(=O)C1CC1(C)C. The predicted molar refractivity (Wildman–Crippen MR) is 71.7 cm³/mol. The molecule has 2 atom stereocenters. The van der Waals surface area contributed by atoms with Crippen LogP contribution in [0.5, 0.6) is 0 Å². The number of hydrogen-bond donors (Lipinski definition) is 1. The second kappa shape index (κ2) is 6.04. The molecule has 0 saturated heterocycles. The quantitative estimate of drug-likeness (QED) is 0.716. The second-order valence-electron chi connectivity index (χ2n) is 5.62. The van der Waals surface area contributed by atoms with Gasteiger partial charge in [0, 0.05) is 17.8 Å². The molecule has 2 unspecified atom stereocenters. The Morgan fingerprint density at radius 3 is 2.56 bits per heavy atom. The zero-order valence-electron chi connectivity index (χ0n) is 10.7. The summed E-state index contributed by atoms with van der Waals surface area (Å²) < 4.78 is 0. The zero-order valence-corrected chi connectivity index (χ0v) is 12.3. The van der Waals surface area contributed by atoms with Gasteiger partial charge in [-0.25, -0.2) is 0 Å². The van der Waals surface area contributed by atoms with Crippen molar-refractivity contribution in [2.75, 3.05) is 11.9 Å². The van der Waals surface area contributed by atoms with E-state index < -0.39 is 0 Å². The summed E-state index contributed by atoms with van der Waals surface area (Å²) in [4.78, 5) is 11.8. The minimum atomic E-state index is 0.250. The fourth-order valence-electron chi connectivity index (χ4n) is 2.19. The molecule has 0 aliphatic heterocycles. The van der Waals surface area contributed by atoms with E-state index in [1.807, 2.05) is 0 Å². The summed E-state index contributed by atoms with van der Waals surface area (Å²) in [5, 5.41) is 4.14. The summed E-state index contributed by atoms with van der Waals surface area (Å²) in [6.07, 6.45) is 4.61. The standard InChI is InChI=1S/C13H24BrNO/c1-4-5-10(6-7-14)9-15-12(16)11-8-13(11,2)3/h10-11H,4-9H2,1-3H3,(H,15,16). The molecule has 0 bridgehead atoms. The van der Waals surface area contributed by atoms with Crippen LogP contribution in [-0.2, 0) is 4.79 Å². The maximum atomic E-state index is 11.8. The molecular formula is C13H24BrNO. The molecule has 1 saturated carbocycles. The van der Waals surface area contributed by atoms with E-state index in [-0.39, 0.29) is 17.2 Å². The fraction of sp³-hybridized carbons (Fsp3) is 0.923. The van der Waals surface area contributed by atoms with Crippen LogP contribution in [0, 0.1) is 17.3 Å². The van der Waals surface area contributed by atoms with E-state index in [1.54, 1.807) is 0 Å². The highest BCUT2D eigenvalue weighted by Crippen LogP contribution is 2.51. The van der Waals surface area contributed by atoms with E-state index in [1.165, 1.54) is 12.8 Å². The highest BCUT2D eigenvalue weighted by molar-refractivity contribution is 9.09. The van der Waals surface area contributed by atoms with E-state index in [2.05, 4.69) is 42.0 Å². The number of halogens is 1. The number of nitrogens with one attached hydrogen (secondary N) is 1. The highest BCUT2D eigenvalue weighted by Gasteiger charge is 2.50. The monoisotopic (exact) mass is 289 g/mol. The van der Waals surface area contributed by atoms with E-state index >= 15 is 0 Å². The van der Waals surface area contributed by atoms with Gasteiger partial charge in [-0.2, -0.15) is 0 Å². The lowest BCUT2D eigenvalue weighted by molar-refractivity contribution is -0.123. The van der Waals surface area contributed by atoms with Gasteiger partial charge in [0.2, 0.25) is 5.91 Å². The topological polar surface area (TPSA) is 29.1 Å². The van der Waals surface area contributed by atoms with Crippen LogP contribution in [0.1, 0.15) is 46.5 Å². The molecule has 0 aromatic carbocycles. The third-order valence-electron chi connectivity index (χ3n) is 3.61. The molecule has 1 rings (SSSR count). The molecule has 0 aromatic rings. The molecule has 1 aliphatic rings. The van der Waals surface area contributed by atoms with Gasteiger partial charge in [-0.3, -0.25) is 4.79 Å². The Labute approximate surface area is 108 Å². The Balaban J connectivity index is 2.24. The van der Waals surface area contributed by atoms with Crippen molar-refractivity contribution < 1.29 is 4.79 Å². The first-order valence-corrected chi connectivity index (χ1v) is 7.47. The van der Waals surface area contributed by atoms with Crippen molar-refractivity contribution in [3.8, 4) is 0 Å². The minimum absolute atomic E-state index is 0.250. The van der Waals surface area contributed by atoms with E-state index in [0.717, 1.165) is 24.7 Å². The zero-order chi connectivity index (χ0) is 12.2. The highest BCUT2D eigenvalue weighted by atomic mass is 79.9. The number of carbonyl (C=O) groups excluding carboxylic acids is 1. The van der Waals surface area contributed by atoms with Crippen LogP contribution in [0.2, 0.25) is 0 Å². The molecule has 0 heterocycles. The van der Waals surface area contributed by atoms with Gasteiger partial charge < -0.3 is 5.32 Å². The fourth-order valence-corrected chi connectivity index (χ4v) is 2.84. The van der Waals surface area contributed by atoms with Crippen molar-refractivity contribution in [2.24, 2.45) is 17.3 Å². The molecule has 0 spiro atoms. The van der Waals surface area contributed by atoms with Crippen molar-refractivity contribution >= 4 is 21.8 Å². The number of rotatable bonds is 7. The first-order valence-electron chi connectivity index (χ1n) is 6.35. The first kappa shape index (κ1) is 14.0. The Bertz CT molecular complexity index is 234. The molecule has 1 aliphatic carbocycles. The van der Waals surface area contributed by atoms with Crippen LogP contribution in [-0.4, -0.2) is 17.8 Å². The number of amides is 1. The number of hydrogen-bond acceptors (Lipinski definition) is 1. The smallest absolute Gasteiger partial charge is 0.223 e. The molecule has 16 heavy (non-hydrogen) atoms. The van der Waals surface area contributed by atoms with Crippen LogP contribution >= 0.6 is 15.9 Å². The predicted octanol–water partition coefficient (Wildman–Crippen LogP) is 3.35. The van der Waals surface area contributed by atoms with E-state index in [4.69, 9.17) is 0 Å². The summed E-state index contributed by atoms with van der Waals surface area (Å²) in [5.74, 6) is 1.16. The van der Waals surface area contributed by atoms with Crippen molar-refractivity contribution in [1.29, 1.82) is 0 Å². The summed E-state index contributed by atoms with van der Waals surface area (Å²) in [6, 6.07) is 0. The second-order valence-corrected chi connectivity index (χ2v) is 6.42. The van der Waals surface area contributed by atoms with Gasteiger partial charge in [-0.05, 0) is 30.6 Å². The number of alkyl halides is 1. The van der Waals surface area contributed by atoms with Crippen molar-refractivity contribution in [3.05, 3.63) is 0 Å². The molecular weight excluding hydrogens is 266 g/mol. The molecule has 0 aromatic heterocycles. The maximum Gasteiger partial charge on any atom is 0.223 e. The Morgan fingerprint density at radius 2 is 2.12 bits per heavy atom. The lowest BCUT2D eigenvalue weighted by atomic mass is 10.0. The Morgan fingerprint density at radius 1 is 1.50 bits per heavy atom. The van der Waals surface area contributed by atoms with Crippen LogP contribution in [0.3, 0.4) is 0 Å². The van der Waals surface area contributed by atoms with Gasteiger partial charge in [-0.1, -0.05) is 43.1 Å². The van der Waals surface area contributed by atoms with Crippen molar-refractivity contribution in [2.45, 2.75) is 46.5 Å². The average molecular weight is 290 g/mol. The van der Waals surface area contributed by atoms with Gasteiger partial charge in [-0.15, -0.1) is 0 Å². The van der Waals surface area contributed by atoms with Crippen LogP contribution in [0.15, 0.2) is 0 Å². The maximum absolute atomic E-state index is 11.8. The third kappa shape index (κ3) is 4.08. The van der Waals surface area contributed by atoms with E-state index in [9.17, 15) is 4.79 Å². The Kier molecular flexibility index (Phi) is 5.29. The van der Waals surface area contributed by atoms with Crippen LogP contribution in [0.4, 0.5) is 0 Å². The molecule has 2 nitrogen and oxygen atoms in total. The molecule has 1 fully saturated rings. The molecule has 0 radical (unpaired) electrons. The van der Waals surface area contributed by atoms with Gasteiger partial charge in [0.25, 0.3) is 0 Å². The third-order valence-corrected chi connectivity index (χ3v) is 4.07. The molecule has 1 amide bonds. The van der Waals surface area contributed by atoms with Crippen molar-refractivity contribution in [3.63, 3.8) is 0 Å². The molecule has 94 valence electrons. The normalized spacial score (nSPS) is 23.9. The number of carbonyl (C=O) groups is 1. The summed E-state index contributed by atoms with van der Waals surface area (Å²) in [7, 11) is 0. The Hall–Kier alpha value is -0.0500. The van der Waals surface area contributed by atoms with Gasteiger partial charge in [0.15, 0.2) is 0 Å². The van der Waals surface area contributed by atoms with Gasteiger partial charge in [0.05, 0.1) is 0 Å². The lowest BCUT2D eigenvalue weighted by Crippen LogP contribution is -2.31. The van der Waals surface area contributed by atoms with Crippen LogP contribution < -0.4 is 5.32 Å². The lowest BCUT2D eigenvalue weighted by Gasteiger charge is -2.16.